The number of aromatic nitrogens is 1. The molecular weight excluding hydrogens is 458 g/mol. The summed E-state index contributed by atoms with van der Waals surface area (Å²) in [4.78, 5) is 45.9. The lowest BCUT2D eigenvalue weighted by Crippen LogP contribution is -2.35. The highest BCUT2D eigenvalue weighted by Gasteiger charge is 2.30. The van der Waals surface area contributed by atoms with Gasteiger partial charge in [0.05, 0.1) is 29.4 Å². The molecule has 0 bridgehead atoms. The van der Waals surface area contributed by atoms with Crippen molar-refractivity contribution in [1.29, 1.82) is 0 Å². The van der Waals surface area contributed by atoms with Gasteiger partial charge in [-0.1, -0.05) is 44.2 Å². The summed E-state index contributed by atoms with van der Waals surface area (Å²) in [5, 5.41) is 3.43. The van der Waals surface area contributed by atoms with E-state index in [0.717, 1.165) is 42.7 Å². The van der Waals surface area contributed by atoms with Crippen LogP contribution in [-0.4, -0.2) is 54.0 Å². The lowest BCUT2D eigenvalue weighted by molar-refractivity contribution is -0.124. The number of methoxy groups -OCH3 is 1. The summed E-state index contributed by atoms with van der Waals surface area (Å²) in [6.07, 6.45) is 0.996. The fourth-order valence-corrected chi connectivity index (χ4v) is 4.59. The average Bonchev–Trinajstić information content (AvgIpc) is 2.90. The van der Waals surface area contributed by atoms with Gasteiger partial charge in [0.25, 0.3) is 5.91 Å². The minimum atomic E-state index is -1.04. The molecule has 2 aromatic carbocycles. The maximum absolute atomic E-state index is 13.6. The Labute approximate surface area is 210 Å². The Bertz CT molecular complexity index is 1290. The smallest absolute Gasteiger partial charge is 0.340 e. The van der Waals surface area contributed by atoms with Crippen LogP contribution in [0, 0.1) is 0 Å². The number of para-hydroxylation sites is 2. The summed E-state index contributed by atoms with van der Waals surface area (Å²) in [7, 11) is 1.28. The molecule has 2 heterocycles. The number of esters is 2. The van der Waals surface area contributed by atoms with E-state index in [1.165, 1.54) is 7.11 Å². The fraction of sp³-hybridized carbons (Fsp3) is 0.357. The Kier molecular flexibility index (Phi) is 7.95. The highest BCUT2D eigenvalue weighted by molar-refractivity contribution is 6.07. The summed E-state index contributed by atoms with van der Waals surface area (Å²) in [6, 6.07) is 14.1. The molecule has 1 amide bonds. The number of nitrogens with zero attached hydrogens (tertiary/aromatic N) is 2. The number of fused-ring (bicyclic) bond motifs is 2. The third kappa shape index (κ3) is 5.23. The fourth-order valence-electron chi connectivity index (χ4n) is 4.59. The van der Waals surface area contributed by atoms with Gasteiger partial charge in [0.15, 0.2) is 6.10 Å². The first-order valence-electron chi connectivity index (χ1n) is 12.3. The standard InChI is InChI=1S/C28H31N3O5/c1-4-15-31-16-14-23-20(17-31)25(18-10-6-8-12-21(18)29-23)28(34)36-24(5-2)26(32)30-22-13-9-7-11-19(22)27(33)35-3/h6-13,24H,4-5,14-17H2,1-3H3,(H,30,32). The number of benzene rings is 2. The summed E-state index contributed by atoms with van der Waals surface area (Å²) in [5.41, 5.74) is 3.49. The Hall–Kier alpha value is -3.78. The second-order valence-corrected chi connectivity index (χ2v) is 8.78. The predicted molar refractivity (Wildman–Crippen MR) is 137 cm³/mol. The maximum Gasteiger partial charge on any atom is 0.340 e. The number of amides is 1. The van der Waals surface area contributed by atoms with Gasteiger partial charge in [-0.2, -0.15) is 0 Å². The second-order valence-electron chi connectivity index (χ2n) is 8.78. The van der Waals surface area contributed by atoms with Crippen molar-refractivity contribution >= 4 is 34.4 Å². The zero-order chi connectivity index (χ0) is 25.7. The molecule has 3 aromatic rings. The molecule has 1 unspecified atom stereocenters. The van der Waals surface area contributed by atoms with Crippen LogP contribution in [0.3, 0.4) is 0 Å². The van der Waals surface area contributed by atoms with E-state index in [1.807, 2.05) is 24.3 Å². The van der Waals surface area contributed by atoms with E-state index in [0.29, 0.717) is 23.2 Å². The number of carbonyl (C=O) groups is 3. The summed E-state index contributed by atoms with van der Waals surface area (Å²) in [6.45, 7) is 6.33. The zero-order valence-corrected chi connectivity index (χ0v) is 20.9. The average molecular weight is 490 g/mol. The van der Waals surface area contributed by atoms with Gasteiger partial charge in [0, 0.05) is 36.2 Å². The van der Waals surface area contributed by atoms with Crippen LogP contribution in [0.15, 0.2) is 48.5 Å². The third-order valence-electron chi connectivity index (χ3n) is 6.37. The molecule has 1 N–H and O–H groups in total. The van der Waals surface area contributed by atoms with E-state index in [-0.39, 0.29) is 12.0 Å². The van der Waals surface area contributed by atoms with Crippen molar-refractivity contribution in [1.82, 2.24) is 9.88 Å². The van der Waals surface area contributed by atoms with Crippen LogP contribution < -0.4 is 5.32 Å². The van der Waals surface area contributed by atoms with Crippen LogP contribution in [0.5, 0.6) is 0 Å². The molecule has 1 aliphatic heterocycles. The minimum absolute atomic E-state index is 0.222. The van der Waals surface area contributed by atoms with Crippen LogP contribution >= 0.6 is 0 Å². The zero-order valence-electron chi connectivity index (χ0n) is 20.9. The number of nitrogens with one attached hydrogen (secondary N) is 1. The topological polar surface area (TPSA) is 97.8 Å². The molecule has 188 valence electrons. The maximum atomic E-state index is 13.6. The van der Waals surface area contributed by atoms with Gasteiger partial charge >= 0.3 is 11.9 Å². The molecule has 36 heavy (non-hydrogen) atoms. The Morgan fingerprint density at radius 1 is 1.06 bits per heavy atom. The van der Waals surface area contributed by atoms with Gasteiger partial charge in [0.1, 0.15) is 0 Å². The van der Waals surface area contributed by atoms with E-state index in [2.05, 4.69) is 17.1 Å². The van der Waals surface area contributed by atoms with Gasteiger partial charge in [-0.15, -0.1) is 0 Å². The Morgan fingerprint density at radius 2 is 1.81 bits per heavy atom. The van der Waals surface area contributed by atoms with Crippen molar-refractivity contribution < 1.29 is 23.9 Å². The molecule has 1 aromatic heterocycles. The van der Waals surface area contributed by atoms with Gasteiger partial charge < -0.3 is 14.8 Å². The molecule has 1 atom stereocenters. The molecule has 0 saturated carbocycles. The lowest BCUT2D eigenvalue weighted by atomic mass is 9.95. The van der Waals surface area contributed by atoms with Gasteiger partial charge in [0.2, 0.25) is 0 Å². The van der Waals surface area contributed by atoms with Crippen molar-refractivity contribution in [3.05, 3.63) is 70.9 Å². The highest BCUT2D eigenvalue weighted by Crippen LogP contribution is 2.29. The first kappa shape index (κ1) is 25.3. The van der Waals surface area contributed by atoms with E-state index in [1.54, 1.807) is 31.2 Å². The van der Waals surface area contributed by atoms with E-state index < -0.39 is 23.9 Å². The number of pyridine rings is 1. The normalized spacial score (nSPS) is 14.1. The van der Waals surface area contributed by atoms with Crippen molar-refractivity contribution in [2.75, 3.05) is 25.5 Å². The quantitative estimate of drug-likeness (QED) is 0.470. The molecule has 0 spiro atoms. The number of anilines is 1. The lowest BCUT2D eigenvalue weighted by Gasteiger charge is -2.30. The Morgan fingerprint density at radius 3 is 2.56 bits per heavy atom. The summed E-state index contributed by atoms with van der Waals surface area (Å²) in [5.74, 6) is -1.63. The molecule has 8 nitrogen and oxygen atoms in total. The highest BCUT2D eigenvalue weighted by atomic mass is 16.5. The van der Waals surface area contributed by atoms with E-state index >= 15 is 0 Å². The molecule has 8 heteroatoms. The van der Waals surface area contributed by atoms with Crippen molar-refractivity contribution in [2.45, 2.75) is 45.8 Å². The van der Waals surface area contributed by atoms with Crippen molar-refractivity contribution in [3.8, 4) is 0 Å². The van der Waals surface area contributed by atoms with Gasteiger partial charge in [-0.05, 0) is 37.6 Å². The number of hydrogen-bond donors (Lipinski definition) is 1. The Balaban J connectivity index is 1.63. The van der Waals surface area contributed by atoms with Crippen LogP contribution in [0.25, 0.3) is 10.9 Å². The first-order valence-corrected chi connectivity index (χ1v) is 12.3. The number of rotatable bonds is 8. The summed E-state index contributed by atoms with van der Waals surface area (Å²) >= 11 is 0. The third-order valence-corrected chi connectivity index (χ3v) is 6.37. The molecule has 0 aliphatic carbocycles. The van der Waals surface area contributed by atoms with E-state index in [9.17, 15) is 14.4 Å². The molecule has 4 rings (SSSR count). The number of carbonyl (C=O) groups excluding carboxylic acids is 3. The molecule has 1 aliphatic rings. The van der Waals surface area contributed by atoms with Crippen LogP contribution in [0.1, 0.15) is 58.7 Å². The molecule has 0 radical (unpaired) electrons. The monoisotopic (exact) mass is 489 g/mol. The number of hydrogen-bond acceptors (Lipinski definition) is 7. The van der Waals surface area contributed by atoms with Gasteiger partial charge in [-0.25, -0.2) is 9.59 Å². The number of ether oxygens (including phenoxy) is 2. The molecule has 0 fully saturated rings. The van der Waals surface area contributed by atoms with E-state index in [4.69, 9.17) is 14.5 Å². The van der Waals surface area contributed by atoms with Crippen molar-refractivity contribution in [2.24, 2.45) is 0 Å². The molecular formula is C28H31N3O5. The summed E-state index contributed by atoms with van der Waals surface area (Å²) < 4.78 is 10.6. The van der Waals surface area contributed by atoms with Crippen LogP contribution in [0.4, 0.5) is 5.69 Å². The molecule has 0 saturated heterocycles. The largest absolute Gasteiger partial charge is 0.465 e. The minimum Gasteiger partial charge on any atom is -0.465 e. The van der Waals surface area contributed by atoms with Crippen LogP contribution in [-0.2, 0) is 27.2 Å². The second kappa shape index (κ2) is 11.3. The predicted octanol–water partition coefficient (Wildman–Crippen LogP) is 4.36. The SMILES string of the molecule is CCCN1CCc2nc3ccccc3c(C(=O)OC(CC)C(=O)Nc3ccccc3C(=O)OC)c2C1. The van der Waals surface area contributed by atoms with Crippen LogP contribution in [0.2, 0.25) is 0 Å². The van der Waals surface area contributed by atoms with Gasteiger partial charge in [-0.3, -0.25) is 14.7 Å². The van der Waals surface area contributed by atoms with Crippen molar-refractivity contribution in [3.63, 3.8) is 0 Å². The first-order chi connectivity index (χ1) is 17.5.